The van der Waals surface area contributed by atoms with Crippen molar-refractivity contribution in [1.82, 2.24) is 10.3 Å². The number of carboxylic acids is 1. The summed E-state index contributed by atoms with van der Waals surface area (Å²) in [4.78, 5) is 14.8. The zero-order valence-corrected chi connectivity index (χ0v) is 11.9. The molecule has 20 heavy (non-hydrogen) atoms. The molecule has 0 bridgehead atoms. The number of hydrogen-bond donors (Lipinski definition) is 3. The fourth-order valence-electron chi connectivity index (χ4n) is 3.35. The van der Waals surface area contributed by atoms with E-state index in [0.29, 0.717) is 0 Å². The number of carbonyl (C=O) groups is 1. The molecular weight excluding hydrogens is 252 g/mol. The van der Waals surface area contributed by atoms with E-state index in [9.17, 15) is 9.90 Å². The first kappa shape index (κ1) is 13.2. The van der Waals surface area contributed by atoms with E-state index in [1.165, 1.54) is 24.0 Å². The molecule has 0 saturated carbocycles. The fourth-order valence-corrected chi connectivity index (χ4v) is 3.35. The maximum Gasteiger partial charge on any atom is 0.325 e. The SMILES string of the molecule is CNC(C(=O)O)c1c(C)[nH]c2cc3c(cc12)CCCC3. The molecule has 4 heteroatoms. The van der Waals surface area contributed by atoms with Gasteiger partial charge in [-0.05, 0) is 62.9 Å². The summed E-state index contributed by atoms with van der Waals surface area (Å²) in [6.45, 7) is 1.95. The first-order valence-corrected chi connectivity index (χ1v) is 7.16. The Morgan fingerprint density at radius 2 is 1.95 bits per heavy atom. The molecule has 1 heterocycles. The molecule has 0 saturated heterocycles. The average molecular weight is 272 g/mol. The van der Waals surface area contributed by atoms with Crippen molar-refractivity contribution in [3.8, 4) is 0 Å². The number of carboxylic acid groups (broad SMARTS) is 1. The van der Waals surface area contributed by atoms with Crippen LogP contribution in [0.1, 0.15) is 41.3 Å². The van der Waals surface area contributed by atoms with Gasteiger partial charge in [0.2, 0.25) is 0 Å². The molecule has 1 aromatic heterocycles. The molecule has 0 spiro atoms. The third-order valence-corrected chi connectivity index (χ3v) is 4.32. The highest BCUT2D eigenvalue weighted by molar-refractivity contribution is 5.91. The van der Waals surface area contributed by atoms with Crippen LogP contribution < -0.4 is 5.32 Å². The number of aliphatic carboxylic acids is 1. The Morgan fingerprint density at radius 1 is 1.30 bits per heavy atom. The highest BCUT2D eigenvalue weighted by Gasteiger charge is 2.24. The Labute approximate surface area is 118 Å². The smallest absolute Gasteiger partial charge is 0.325 e. The Morgan fingerprint density at radius 3 is 2.55 bits per heavy atom. The molecule has 3 rings (SSSR count). The lowest BCUT2D eigenvalue weighted by atomic mass is 9.89. The van der Waals surface area contributed by atoms with E-state index < -0.39 is 12.0 Å². The maximum atomic E-state index is 11.4. The molecule has 3 N–H and O–H groups in total. The highest BCUT2D eigenvalue weighted by Crippen LogP contribution is 2.32. The number of rotatable bonds is 3. The largest absolute Gasteiger partial charge is 0.480 e. The van der Waals surface area contributed by atoms with Gasteiger partial charge in [-0.15, -0.1) is 0 Å². The van der Waals surface area contributed by atoms with Gasteiger partial charge in [0.15, 0.2) is 0 Å². The summed E-state index contributed by atoms with van der Waals surface area (Å²) >= 11 is 0. The van der Waals surface area contributed by atoms with Gasteiger partial charge < -0.3 is 15.4 Å². The van der Waals surface area contributed by atoms with Gasteiger partial charge in [-0.2, -0.15) is 0 Å². The summed E-state index contributed by atoms with van der Waals surface area (Å²) in [7, 11) is 1.69. The van der Waals surface area contributed by atoms with Crippen LogP contribution in [0.3, 0.4) is 0 Å². The van der Waals surface area contributed by atoms with Gasteiger partial charge in [0.1, 0.15) is 6.04 Å². The summed E-state index contributed by atoms with van der Waals surface area (Å²) in [6, 6.07) is 3.73. The predicted molar refractivity (Wildman–Crippen MR) is 79.1 cm³/mol. The van der Waals surface area contributed by atoms with Crippen LogP contribution in [-0.2, 0) is 17.6 Å². The van der Waals surface area contributed by atoms with E-state index in [4.69, 9.17) is 0 Å². The second-order valence-electron chi connectivity index (χ2n) is 5.60. The summed E-state index contributed by atoms with van der Waals surface area (Å²) in [6.07, 6.45) is 4.71. The van der Waals surface area contributed by atoms with Gasteiger partial charge in [0, 0.05) is 22.2 Å². The zero-order chi connectivity index (χ0) is 14.3. The van der Waals surface area contributed by atoms with Crippen molar-refractivity contribution in [2.24, 2.45) is 0 Å². The first-order chi connectivity index (χ1) is 9.61. The summed E-state index contributed by atoms with van der Waals surface area (Å²) in [5.41, 5.74) is 5.64. The van der Waals surface area contributed by atoms with Gasteiger partial charge in [-0.3, -0.25) is 4.79 Å². The number of aromatic amines is 1. The van der Waals surface area contributed by atoms with Crippen LogP contribution >= 0.6 is 0 Å². The molecule has 106 valence electrons. The van der Waals surface area contributed by atoms with Gasteiger partial charge in [0.25, 0.3) is 0 Å². The average Bonchev–Trinajstić information content (AvgIpc) is 2.73. The molecule has 0 radical (unpaired) electrons. The van der Waals surface area contributed by atoms with E-state index in [0.717, 1.165) is 35.0 Å². The maximum absolute atomic E-state index is 11.4. The molecule has 0 aliphatic heterocycles. The second-order valence-corrected chi connectivity index (χ2v) is 5.60. The van der Waals surface area contributed by atoms with Crippen LogP contribution in [0.2, 0.25) is 0 Å². The van der Waals surface area contributed by atoms with Crippen molar-refractivity contribution in [2.75, 3.05) is 7.05 Å². The van der Waals surface area contributed by atoms with E-state index in [1.54, 1.807) is 7.05 Å². The molecule has 2 aromatic rings. The van der Waals surface area contributed by atoms with Gasteiger partial charge in [0.05, 0.1) is 0 Å². The number of fused-ring (bicyclic) bond motifs is 2. The molecular formula is C16H20N2O2. The molecule has 4 nitrogen and oxygen atoms in total. The quantitative estimate of drug-likeness (QED) is 0.805. The molecule has 0 amide bonds. The Kier molecular flexibility index (Phi) is 3.26. The Balaban J connectivity index is 2.21. The van der Waals surface area contributed by atoms with Crippen LogP contribution in [0.15, 0.2) is 12.1 Å². The molecule has 1 aliphatic carbocycles. The number of aromatic nitrogens is 1. The van der Waals surface area contributed by atoms with Crippen LogP contribution in [0.25, 0.3) is 10.9 Å². The van der Waals surface area contributed by atoms with E-state index in [2.05, 4.69) is 22.4 Å². The molecule has 1 aromatic carbocycles. The Bertz CT molecular complexity index is 673. The number of hydrogen-bond acceptors (Lipinski definition) is 2. The minimum atomic E-state index is -0.839. The van der Waals surface area contributed by atoms with Crippen LogP contribution in [-0.4, -0.2) is 23.1 Å². The summed E-state index contributed by atoms with van der Waals surface area (Å²) in [5, 5.41) is 13.3. The molecule has 1 atom stereocenters. The fraction of sp³-hybridized carbons (Fsp3) is 0.438. The lowest BCUT2D eigenvalue weighted by molar-refractivity contribution is -0.139. The van der Waals surface area contributed by atoms with Crippen molar-refractivity contribution in [2.45, 2.75) is 38.6 Å². The monoisotopic (exact) mass is 272 g/mol. The lowest BCUT2D eigenvalue weighted by Gasteiger charge is -2.17. The van der Waals surface area contributed by atoms with Gasteiger partial charge >= 0.3 is 5.97 Å². The second kappa shape index (κ2) is 4.94. The predicted octanol–water partition coefficient (Wildman–Crippen LogP) is 2.70. The minimum Gasteiger partial charge on any atom is -0.480 e. The zero-order valence-electron chi connectivity index (χ0n) is 11.9. The highest BCUT2D eigenvalue weighted by atomic mass is 16.4. The summed E-state index contributed by atoms with van der Waals surface area (Å²) < 4.78 is 0. The van der Waals surface area contributed by atoms with Crippen LogP contribution in [0.5, 0.6) is 0 Å². The van der Waals surface area contributed by atoms with Crippen molar-refractivity contribution < 1.29 is 9.90 Å². The van der Waals surface area contributed by atoms with Crippen molar-refractivity contribution >= 4 is 16.9 Å². The van der Waals surface area contributed by atoms with E-state index in [-0.39, 0.29) is 0 Å². The third-order valence-electron chi connectivity index (χ3n) is 4.32. The standard InChI is InChI=1S/C16H20N2O2/c1-9-14(15(17-2)16(19)20)12-7-10-5-3-4-6-11(10)8-13(12)18-9/h7-8,15,17-18H,3-6H2,1-2H3,(H,19,20). The number of H-pyrrole nitrogens is 1. The number of aryl methyl sites for hydroxylation is 3. The van der Waals surface area contributed by atoms with Gasteiger partial charge in [-0.25, -0.2) is 0 Å². The minimum absolute atomic E-state index is 0.662. The van der Waals surface area contributed by atoms with E-state index >= 15 is 0 Å². The number of benzene rings is 1. The lowest BCUT2D eigenvalue weighted by Crippen LogP contribution is -2.25. The van der Waals surface area contributed by atoms with Crippen molar-refractivity contribution in [3.05, 3.63) is 34.5 Å². The molecule has 0 fully saturated rings. The van der Waals surface area contributed by atoms with Crippen molar-refractivity contribution in [3.63, 3.8) is 0 Å². The number of nitrogens with one attached hydrogen (secondary N) is 2. The molecule has 1 aliphatic rings. The first-order valence-electron chi connectivity index (χ1n) is 7.16. The van der Waals surface area contributed by atoms with Crippen LogP contribution in [0.4, 0.5) is 0 Å². The van der Waals surface area contributed by atoms with Gasteiger partial charge in [-0.1, -0.05) is 0 Å². The topological polar surface area (TPSA) is 65.1 Å². The molecule has 1 unspecified atom stereocenters. The van der Waals surface area contributed by atoms with E-state index in [1.807, 2.05) is 6.92 Å². The number of likely N-dealkylation sites (N-methyl/N-ethyl adjacent to an activating group) is 1. The Hall–Kier alpha value is -1.81. The summed E-state index contributed by atoms with van der Waals surface area (Å²) in [5.74, 6) is -0.839. The normalized spacial score (nSPS) is 16.1. The third kappa shape index (κ3) is 2.00. The van der Waals surface area contributed by atoms with Crippen molar-refractivity contribution in [1.29, 1.82) is 0 Å². The van der Waals surface area contributed by atoms with Crippen LogP contribution in [0, 0.1) is 6.92 Å².